The number of nitrogens with zero attached hydrogens (tertiary/aromatic N) is 1. The van der Waals surface area contributed by atoms with E-state index in [0.29, 0.717) is 17.8 Å². The quantitative estimate of drug-likeness (QED) is 0.943. The molecule has 21 heavy (non-hydrogen) atoms. The van der Waals surface area contributed by atoms with Gasteiger partial charge in [0.15, 0.2) is 9.84 Å². The second-order valence-corrected chi connectivity index (χ2v) is 6.53. The summed E-state index contributed by atoms with van der Waals surface area (Å²) in [5, 5.41) is 11.8. The van der Waals surface area contributed by atoms with Gasteiger partial charge < -0.3 is 5.32 Å². The van der Waals surface area contributed by atoms with Crippen LogP contribution in [0.2, 0.25) is 0 Å². The summed E-state index contributed by atoms with van der Waals surface area (Å²) in [4.78, 5) is 0.201. The molecule has 0 fully saturated rings. The van der Waals surface area contributed by atoms with Gasteiger partial charge in [-0.25, -0.2) is 12.8 Å². The summed E-state index contributed by atoms with van der Waals surface area (Å²) in [6.45, 7) is 0.293. The highest BCUT2D eigenvalue weighted by Crippen LogP contribution is 2.21. The van der Waals surface area contributed by atoms with E-state index in [-0.39, 0.29) is 10.5 Å². The average Bonchev–Trinajstić information content (AvgIpc) is 2.45. The molecule has 2 aromatic rings. The highest BCUT2D eigenvalue weighted by Gasteiger charge is 2.12. The van der Waals surface area contributed by atoms with Crippen LogP contribution in [0.1, 0.15) is 11.1 Å². The van der Waals surface area contributed by atoms with Crippen molar-refractivity contribution in [1.82, 2.24) is 0 Å². The molecule has 6 heteroatoms. The highest BCUT2D eigenvalue weighted by atomic mass is 32.2. The predicted molar refractivity (Wildman–Crippen MR) is 78.0 cm³/mol. The third kappa shape index (κ3) is 3.58. The van der Waals surface area contributed by atoms with Gasteiger partial charge in [-0.05, 0) is 29.8 Å². The van der Waals surface area contributed by atoms with Crippen LogP contribution >= 0.6 is 0 Å². The second kappa shape index (κ2) is 5.94. The first-order chi connectivity index (χ1) is 9.91. The van der Waals surface area contributed by atoms with E-state index in [2.05, 4.69) is 5.32 Å². The highest BCUT2D eigenvalue weighted by molar-refractivity contribution is 7.90. The third-order valence-electron chi connectivity index (χ3n) is 2.92. The molecule has 0 atom stereocenters. The first-order valence-electron chi connectivity index (χ1n) is 6.13. The van der Waals surface area contributed by atoms with Crippen molar-refractivity contribution in [3.05, 3.63) is 59.4 Å². The number of rotatable bonds is 4. The van der Waals surface area contributed by atoms with Crippen LogP contribution in [0.5, 0.6) is 0 Å². The third-order valence-corrected chi connectivity index (χ3v) is 4.08. The lowest BCUT2D eigenvalue weighted by molar-refractivity contribution is 0.602. The van der Waals surface area contributed by atoms with Crippen molar-refractivity contribution in [3.8, 4) is 6.07 Å². The van der Waals surface area contributed by atoms with Gasteiger partial charge in [0.05, 0.1) is 16.1 Å². The van der Waals surface area contributed by atoms with Crippen LogP contribution in [0.25, 0.3) is 0 Å². The maximum atomic E-state index is 13.2. The zero-order chi connectivity index (χ0) is 15.5. The summed E-state index contributed by atoms with van der Waals surface area (Å²) in [5.41, 5.74) is 1.13. The molecule has 2 rings (SSSR count). The van der Waals surface area contributed by atoms with Crippen LogP contribution in [0.4, 0.5) is 10.1 Å². The van der Waals surface area contributed by atoms with E-state index in [1.807, 2.05) is 0 Å². The van der Waals surface area contributed by atoms with E-state index in [9.17, 15) is 12.8 Å². The first-order valence-corrected chi connectivity index (χ1v) is 8.02. The van der Waals surface area contributed by atoms with Crippen molar-refractivity contribution < 1.29 is 12.8 Å². The molecule has 0 heterocycles. The predicted octanol–water partition coefficient (Wildman–Crippen LogP) is 2.71. The maximum absolute atomic E-state index is 13.2. The van der Waals surface area contributed by atoms with Gasteiger partial charge in [0.25, 0.3) is 0 Å². The minimum absolute atomic E-state index is 0.0364. The Labute approximate surface area is 122 Å². The average molecular weight is 304 g/mol. The zero-order valence-electron chi connectivity index (χ0n) is 11.3. The minimum Gasteiger partial charge on any atom is -0.380 e. The molecule has 1 N–H and O–H groups in total. The van der Waals surface area contributed by atoms with Gasteiger partial charge >= 0.3 is 0 Å². The molecule has 0 amide bonds. The maximum Gasteiger partial charge on any atom is 0.177 e. The van der Waals surface area contributed by atoms with Crippen molar-refractivity contribution in [2.75, 3.05) is 11.6 Å². The summed E-state index contributed by atoms with van der Waals surface area (Å²) >= 11 is 0. The number of anilines is 1. The summed E-state index contributed by atoms with van der Waals surface area (Å²) in [6.07, 6.45) is 1.14. The van der Waals surface area contributed by atoms with E-state index in [4.69, 9.17) is 5.26 Å². The van der Waals surface area contributed by atoms with Gasteiger partial charge in [0, 0.05) is 12.8 Å². The van der Waals surface area contributed by atoms with Gasteiger partial charge in [-0.3, -0.25) is 0 Å². The summed E-state index contributed by atoms with van der Waals surface area (Å²) in [5.74, 6) is -0.571. The zero-order valence-corrected chi connectivity index (χ0v) is 12.1. The number of hydrogen-bond donors (Lipinski definition) is 1. The van der Waals surface area contributed by atoms with Crippen molar-refractivity contribution in [3.63, 3.8) is 0 Å². The van der Waals surface area contributed by atoms with Crippen molar-refractivity contribution in [1.29, 1.82) is 5.26 Å². The Morgan fingerprint density at radius 3 is 2.62 bits per heavy atom. The number of benzene rings is 2. The lowest BCUT2D eigenvalue weighted by atomic mass is 10.1. The summed E-state index contributed by atoms with van der Waals surface area (Å²) < 4.78 is 36.6. The molecule has 0 aliphatic heterocycles. The molecular weight excluding hydrogens is 291 g/mol. The fourth-order valence-electron chi connectivity index (χ4n) is 1.90. The Morgan fingerprint density at radius 1 is 1.24 bits per heavy atom. The first kappa shape index (κ1) is 15.0. The van der Waals surface area contributed by atoms with Gasteiger partial charge in [-0.1, -0.05) is 18.2 Å². The number of hydrogen-bond acceptors (Lipinski definition) is 4. The van der Waals surface area contributed by atoms with Crippen LogP contribution in [0.3, 0.4) is 0 Å². The molecule has 0 radical (unpaired) electrons. The molecular formula is C15H13FN2O2S. The van der Waals surface area contributed by atoms with Gasteiger partial charge in [0.2, 0.25) is 0 Å². The van der Waals surface area contributed by atoms with E-state index in [1.54, 1.807) is 30.3 Å². The largest absolute Gasteiger partial charge is 0.380 e. The van der Waals surface area contributed by atoms with Crippen LogP contribution in [0.15, 0.2) is 47.4 Å². The number of nitriles is 1. The molecule has 0 bridgehead atoms. The number of sulfone groups is 1. The smallest absolute Gasteiger partial charge is 0.177 e. The Bertz CT molecular complexity index is 811. The van der Waals surface area contributed by atoms with Crippen molar-refractivity contribution in [2.24, 2.45) is 0 Å². The molecule has 108 valence electrons. The SMILES string of the molecule is CS(=O)(=O)c1ccccc1NCc1ccc(F)c(C#N)c1. The summed E-state index contributed by atoms with van der Waals surface area (Å²) in [7, 11) is -3.33. The molecule has 0 aliphatic rings. The van der Waals surface area contributed by atoms with Crippen molar-refractivity contribution in [2.45, 2.75) is 11.4 Å². The Morgan fingerprint density at radius 2 is 1.95 bits per heavy atom. The van der Waals surface area contributed by atoms with Gasteiger partial charge in [0.1, 0.15) is 11.9 Å². The van der Waals surface area contributed by atoms with Crippen LogP contribution in [-0.2, 0) is 16.4 Å². The van der Waals surface area contributed by atoms with E-state index >= 15 is 0 Å². The number of nitrogens with one attached hydrogen (secondary N) is 1. The molecule has 4 nitrogen and oxygen atoms in total. The number of halogens is 1. The molecule has 0 unspecified atom stereocenters. The molecule has 0 aromatic heterocycles. The molecule has 2 aromatic carbocycles. The van der Waals surface area contributed by atoms with E-state index in [0.717, 1.165) is 6.26 Å². The topological polar surface area (TPSA) is 70.0 Å². The lowest BCUT2D eigenvalue weighted by Gasteiger charge is -2.11. The fourth-order valence-corrected chi connectivity index (χ4v) is 2.77. The Balaban J connectivity index is 2.24. The van der Waals surface area contributed by atoms with E-state index in [1.165, 1.54) is 18.2 Å². The molecule has 0 saturated carbocycles. The van der Waals surface area contributed by atoms with Crippen LogP contribution < -0.4 is 5.32 Å². The fraction of sp³-hybridized carbons (Fsp3) is 0.133. The normalized spacial score (nSPS) is 10.9. The monoisotopic (exact) mass is 304 g/mol. The van der Waals surface area contributed by atoms with Crippen LogP contribution in [0, 0.1) is 17.1 Å². The lowest BCUT2D eigenvalue weighted by Crippen LogP contribution is -2.06. The standard InChI is InChI=1S/C15H13FN2O2S/c1-21(19,20)15-5-3-2-4-14(15)18-10-11-6-7-13(16)12(8-11)9-17/h2-8,18H,10H2,1H3. The van der Waals surface area contributed by atoms with Crippen molar-refractivity contribution >= 4 is 15.5 Å². The number of para-hydroxylation sites is 1. The second-order valence-electron chi connectivity index (χ2n) is 4.55. The van der Waals surface area contributed by atoms with Gasteiger partial charge in [-0.2, -0.15) is 5.26 Å². The molecule has 0 saturated heterocycles. The summed E-state index contributed by atoms with van der Waals surface area (Å²) in [6, 6.07) is 12.5. The molecule has 0 aliphatic carbocycles. The Kier molecular flexibility index (Phi) is 4.24. The van der Waals surface area contributed by atoms with Crippen LogP contribution in [-0.4, -0.2) is 14.7 Å². The molecule has 0 spiro atoms. The minimum atomic E-state index is -3.33. The Hall–Kier alpha value is -2.39. The van der Waals surface area contributed by atoms with E-state index < -0.39 is 15.7 Å². The van der Waals surface area contributed by atoms with Gasteiger partial charge in [-0.15, -0.1) is 0 Å².